The van der Waals surface area contributed by atoms with Crippen LogP contribution in [0, 0.1) is 16.7 Å². The van der Waals surface area contributed by atoms with E-state index in [1.807, 2.05) is 6.07 Å². The normalized spacial score (nSPS) is 22.1. The molecule has 1 atom stereocenters. The Kier molecular flexibility index (Phi) is 2.97. The van der Waals surface area contributed by atoms with Gasteiger partial charge in [-0.1, -0.05) is 13.8 Å². The zero-order chi connectivity index (χ0) is 12.5. The fraction of sp³-hybridized carbons (Fsp3) is 0.500. The summed E-state index contributed by atoms with van der Waals surface area (Å²) in [7, 11) is 0. The Labute approximate surface area is 102 Å². The largest absolute Gasteiger partial charge is 0.504 e. The van der Waals surface area contributed by atoms with Gasteiger partial charge in [0, 0.05) is 6.07 Å². The van der Waals surface area contributed by atoms with Gasteiger partial charge in [0.25, 0.3) is 0 Å². The van der Waals surface area contributed by atoms with Crippen LogP contribution < -0.4 is 4.74 Å². The Bertz CT molecular complexity index is 460. The first-order valence-corrected chi connectivity index (χ1v) is 5.90. The first-order valence-electron chi connectivity index (χ1n) is 5.90. The highest BCUT2D eigenvalue weighted by Gasteiger charge is 2.32. The molecule has 1 aromatic rings. The molecule has 0 radical (unpaired) electrons. The van der Waals surface area contributed by atoms with E-state index in [2.05, 4.69) is 13.8 Å². The Morgan fingerprint density at radius 3 is 2.82 bits per heavy atom. The van der Waals surface area contributed by atoms with Crippen LogP contribution in [0.3, 0.4) is 0 Å². The van der Waals surface area contributed by atoms with Crippen molar-refractivity contribution in [3.63, 3.8) is 0 Å². The number of benzene rings is 1. The zero-order valence-electron chi connectivity index (χ0n) is 10.2. The molecule has 3 nitrogen and oxygen atoms in total. The van der Waals surface area contributed by atoms with Crippen molar-refractivity contribution in [1.82, 2.24) is 0 Å². The summed E-state index contributed by atoms with van der Waals surface area (Å²) >= 11 is 0. The molecule has 1 aliphatic carbocycles. The number of ether oxygens (including phenoxy) is 1. The summed E-state index contributed by atoms with van der Waals surface area (Å²) in [5.41, 5.74) is 0.822. The molecule has 0 aliphatic heterocycles. The minimum absolute atomic E-state index is 0.105. The van der Waals surface area contributed by atoms with Gasteiger partial charge in [-0.3, -0.25) is 0 Å². The van der Waals surface area contributed by atoms with Crippen LogP contribution in [0.25, 0.3) is 0 Å². The molecule has 1 aromatic carbocycles. The van der Waals surface area contributed by atoms with Gasteiger partial charge in [-0.2, -0.15) is 5.26 Å². The smallest absolute Gasteiger partial charge is 0.162 e. The van der Waals surface area contributed by atoms with Crippen LogP contribution in [0.4, 0.5) is 0 Å². The van der Waals surface area contributed by atoms with E-state index in [1.165, 1.54) is 6.07 Å². The van der Waals surface area contributed by atoms with Crippen molar-refractivity contribution < 1.29 is 9.84 Å². The van der Waals surface area contributed by atoms with Crippen LogP contribution in [-0.4, -0.2) is 11.2 Å². The van der Waals surface area contributed by atoms with E-state index in [9.17, 15) is 5.11 Å². The van der Waals surface area contributed by atoms with E-state index in [1.54, 1.807) is 12.1 Å². The maximum atomic E-state index is 9.69. The van der Waals surface area contributed by atoms with E-state index in [-0.39, 0.29) is 11.9 Å². The highest BCUT2D eigenvalue weighted by atomic mass is 16.5. The second-order valence-corrected chi connectivity index (χ2v) is 5.44. The molecule has 0 bridgehead atoms. The number of phenols is 1. The standard InChI is InChI=1S/C14H17NO2/c1-14(2)6-5-11(8-14)17-13-7-10(9-15)3-4-12(13)16/h3-4,7,11,16H,5-6,8H2,1-2H3. The van der Waals surface area contributed by atoms with Crippen LogP contribution in [0.1, 0.15) is 38.7 Å². The predicted molar refractivity (Wildman–Crippen MR) is 64.9 cm³/mol. The molecule has 17 heavy (non-hydrogen) atoms. The molecule has 1 fully saturated rings. The zero-order valence-corrected chi connectivity index (χ0v) is 10.2. The highest BCUT2D eigenvalue weighted by molar-refractivity contribution is 5.45. The molecular weight excluding hydrogens is 214 g/mol. The van der Waals surface area contributed by atoms with E-state index in [0.717, 1.165) is 19.3 Å². The van der Waals surface area contributed by atoms with Gasteiger partial charge in [0.1, 0.15) is 0 Å². The molecule has 1 aliphatic rings. The summed E-state index contributed by atoms with van der Waals surface area (Å²) in [5, 5.41) is 18.5. The minimum atomic E-state index is 0.105. The third-order valence-electron chi connectivity index (χ3n) is 3.31. The van der Waals surface area contributed by atoms with Crippen molar-refractivity contribution in [2.45, 2.75) is 39.2 Å². The molecule has 0 aromatic heterocycles. The Morgan fingerprint density at radius 2 is 2.24 bits per heavy atom. The lowest BCUT2D eigenvalue weighted by Crippen LogP contribution is -2.14. The number of phenolic OH excluding ortho intramolecular Hbond substituents is 1. The van der Waals surface area contributed by atoms with Gasteiger partial charge in [0.15, 0.2) is 11.5 Å². The van der Waals surface area contributed by atoms with Gasteiger partial charge in [-0.15, -0.1) is 0 Å². The maximum absolute atomic E-state index is 9.69. The number of rotatable bonds is 2. The summed E-state index contributed by atoms with van der Waals surface area (Å²) in [4.78, 5) is 0. The van der Waals surface area contributed by atoms with E-state index in [4.69, 9.17) is 10.00 Å². The van der Waals surface area contributed by atoms with Crippen molar-refractivity contribution in [1.29, 1.82) is 5.26 Å². The minimum Gasteiger partial charge on any atom is -0.504 e. The Hall–Kier alpha value is -1.69. The first kappa shape index (κ1) is 11.8. The number of aromatic hydroxyl groups is 1. The molecule has 3 heteroatoms. The highest BCUT2D eigenvalue weighted by Crippen LogP contribution is 2.40. The van der Waals surface area contributed by atoms with Crippen LogP contribution in [0.2, 0.25) is 0 Å². The molecule has 0 heterocycles. The predicted octanol–water partition coefficient (Wildman–Crippen LogP) is 3.22. The van der Waals surface area contributed by atoms with E-state index >= 15 is 0 Å². The van der Waals surface area contributed by atoms with Crippen molar-refractivity contribution >= 4 is 0 Å². The molecule has 1 saturated carbocycles. The van der Waals surface area contributed by atoms with Crippen molar-refractivity contribution in [2.24, 2.45) is 5.41 Å². The maximum Gasteiger partial charge on any atom is 0.162 e. The number of nitrogens with zero attached hydrogens (tertiary/aromatic N) is 1. The van der Waals surface area contributed by atoms with Gasteiger partial charge < -0.3 is 9.84 Å². The molecular formula is C14H17NO2. The average Bonchev–Trinajstić information content (AvgIpc) is 2.61. The lowest BCUT2D eigenvalue weighted by Gasteiger charge is -2.18. The van der Waals surface area contributed by atoms with Crippen LogP contribution >= 0.6 is 0 Å². The van der Waals surface area contributed by atoms with Gasteiger partial charge in [0.05, 0.1) is 17.7 Å². The molecule has 0 saturated heterocycles. The molecule has 0 spiro atoms. The van der Waals surface area contributed by atoms with Crippen molar-refractivity contribution in [2.75, 3.05) is 0 Å². The summed E-state index contributed by atoms with van der Waals surface area (Å²) in [6.07, 6.45) is 3.27. The molecule has 1 unspecified atom stereocenters. The second-order valence-electron chi connectivity index (χ2n) is 5.44. The Morgan fingerprint density at radius 1 is 1.47 bits per heavy atom. The Balaban J connectivity index is 2.12. The van der Waals surface area contributed by atoms with Crippen molar-refractivity contribution in [3.8, 4) is 17.6 Å². The fourth-order valence-corrected chi connectivity index (χ4v) is 2.33. The second kappa shape index (κ2) is 4.29. The van der Waals surface area contributed by atoms with Crippen LogP contribution in [0.15, 0.2) is 18.2 Å². The lowest BCUT2D eigenvalue weighted by molar-refractivity contribution is 0.186. The van der Waals surface area contributed by atoms with Gasteiger partial charge in [0.2, 0.25) is 0 Å². The first-order chi connectivity index (χ1) is 8.00. The van der Waals surface area contributed by atoms with Gasteiger partial charge in [-0.25, -0.2) is 0 Å². The van der Waals surface area contributed by atoms with Crippen LogP contribution in [-0.2, 0) is 0 Å². The number of hydrogen-bond donors (Lipinski definition) is 1. The summed E-state index contributed by atoms with van der Waals surface area (Å²) in [6.45, 7) is 4.45. The quantitative estimate of drug-likeness (QED) is 0.850. The molecule has 0 amide bonds. The third kappa shape index (κ3) is 2.71. The topological polar surface area (TPSA) is 53.2 Å². The molecule has 1 N–H and O–H groups in total. The van der Waals surface area contributed by atoms with Gasteiger partial charge >= 0.3 is 0 Å². The van der Waals surface area contributed by atoms with Crippen LogP contribution in [0.5, 0.6) is 11.5 Å². The van der Waals surface area contributed by atoms with Gasteiger partial charge in [-0.05, 0) is 36.8 Å². The molecule has 2 rings (SSSR count). The third-order valence-corrected chi connectivity index (χ3v) is 3.31. The van der Waals surface area contributed by atoms with E-state index < -0.39 is 0 Å². The number of hydrogen-bond acceptors (Lipinski definition) is 3. The monoisotopic (exact) mass is 231 g/mol. The molecule has 90 valence electrons. The van der Waals surface area contributed by atoms with Crippen molar-refractivity contribution in [3.05, 3.63) is 23.8 Å². The fourth-order valence-electron chi connectivity index (χ4n) is 2.33. The SMILES string of the molecule is CC1(C)CCC(Oc2cc(C#N)ccc2O)C1. The lowest BCUT2D eigenvalue weighted by atomic mass is 9.92. The van der Waals surface area contributed by atoms with E-state index in [0.29, 0.717) is 16.7 Å². The summed E-state index contributed by atoms with van der Waals surface area (Å²) < 4.78 is 5.78. The number of nitriles is 1. The summed E-state index contributed by atoms with van der Waals surface area (Å²) in [5.74, 6) is 0.528. The summed E-state index contributed by atoms with van der Waals surface area (Å²) in [6, 6.07) is 6.73. The average molecular weight is 231 g/mol.